The van der Waals surface area contributed by atoms with Crippen LogP contribution in [0.3, 0.4) is 0 Å². The van der Waals surface area contributed by atoms with Crippen molar-refractivity contribution in [2.75, 3.05) is 20.3 Å². The van der Waals surface area contributed by atoms with Crippen molar-refractivity contribution in [3.8, 4) is 11.5 Å². The predicted molar refractivity (Wildman–Crippen MR) is 140 cm³/mol. The van der Waals surface area contributed by atoms with Crippen molar-refractivity contribution in [2.45, 2.75) is 50.7 Å². The monoisotopic (exact) mass is 540 g/mol. The van der Waals surface area contributed by atoms with Gasteiger partial charge >= 0.3 is 0 Å². The molecule has 2 amide bonds. The van der Waals surface area contributed by atoms with Gasteiger partial charge in [-0.3, -0.25) is 9.59 Å². The maximum absolute atomic E-state index is 14.6. The molecule has 4 N–H and O–H groups in total. The normalized spacial score (nSPS) is 21.5. The van der Waals surface area contributed by atoms with Crippen LogP contribution in [0.4, 0.5) is 4.39 Å². The molecule has 0 saturated carbocycles. The summed E-state index contributed by atoms with van der Waals surface area (Å²) in [4.78, 5) is 28.0. The average molecular weight is 541 g/mol. The highest BCUT2D eigenvalue weighted by atomic mass is 19.1. The van der Waals surface area contributed by atoms with Gasteiger partial charge in [-0.1, -0.05) is 31.2 Å². The molecule has 0 saturated heterocycles. The number of aliphatic hydroxyl groups is 3. The largest absolute Gasteiger partial charge is 0.493 e. The first kappa shape index (κ1) is 28.3. The zero-order chi connectivity index (χ0) is 28.1. The van der Waals surface area contributed by atoms with Crippen LogP contribution in [0.5, 0.6) is 11.5 Å². The Hall–Kier alpha value is -3.73. The van der Waals surface area contributed by atoms with E-state index < -0.39 is 41.8 Å². The molecule has 0 fully saturated rings. The predicted octanol–water partition coefficient (Wildman–Crippen LogP) is 1.94. The van der Waals surface area contributed by atoms with Crippen LogP contribution in [-0.4, -0.2) is 70.5 Å². The molecule has 1 aliphatic heterocycles. The van der Waals surface area contributed by atoms with Gasteiger partial charge in [0.2, 0.25) is 11.8 Å². The summed E-state index contributed by atoms with van der Waals surface area (Å²) in [5.74, 6) is -1.58. The lowest BCUT2D eigenvalue weighted by atomic mass is 9.77. The Labute approximate surface area is 226 Å². The molecule has 1 aliphatic carbocycles. The molecular weight excluding hydrogens is 507 g/mol. The Balaban J connectivity index is 1.84. The van der Waals surface area contributed by atoms with Gasteiger partial charge in [0.15, 0.2) is 11.5 Å². The fraction of sp³-hybridized carbons (Fsp3) is 0.379. The molecule has 4 atom stereocenters. The molecule has 10 heteroatoms. The number of hydrogen-bond donors (Lipinski definition) is 4. The van der Waals surface area contributed by atoms with Crippen molar-refractivity contribution in [3.63, 3.8) is 0 Å². The van der Waals surface area contributed by atoms with E-state index in [9.17, 15) is 29.3 Å². The minimum absolute atomic E-state index is 0.00833. The van der Waals surface area contributed by atoms with E-state index >= 15 is 0 Å². The van der Waals surface area contributed by atoms with E-state index in [1.54, 1.807) is 36.4 Å². The number of carbonyl (C=O) groups is 2. The van der Waals surface area contributed by atoms with Crippen LogP contribution in [0, 0.1) is 5.82 Å². The molecule has 0 aromatic heterocycles. The summed E-state index contributed by atoms with van der Waals surface area (Å²) < 4.78 is 26.3. The number of halogens is 1. The molecule has 0 bridgehead atoms. The third-order valence-corrected chi connectivity index (χ3v) is 6.93. The van der Waals surface area contributed by atoms with Crippen LogP contribution in [0.1, 0.15) is 36.0 Å². The van der Waals surface area contributed by atoms with Crippen molar-refractivity contribution in [1.82, 2.24) is 10.2 Å². The van der Waals surface area contributed by atoms with E-state index in [1.165, 1.54) is 30.2 Å². The van der Waals surface area contributed by atoms with Gasteiger partial charge in [-0.2, -0.15) is 0 Å². The number of methoxy groups -OCH3 is 1. The Bertz CT molecular complexity index is 1280. The minimum Gasteiger partial charge on any atom is -0.493 e. The first-order chi connectivity index (χ1) is 18.8. The van der Waals surface area contributed by atoms with Crippen LogP contribution < -0.4 is 14.8 Å². The van der Waals surface area contributed by atoms with Crippen molar-refractivity contribution in [2.24, 2.45) is 0 Å². The van der Waals surface area contributed by atoms with E-state index in [-0.39, 0.29) is 37.4 Å². The number of nitrogens with one attached hydrogen (secondary N) is 1. The molecule has 0 unspecified atom stereocenters. The smallest absolute Gasteiger partial charge is 0.247 e. The summed E-state index contributed by atoms with van der Waals surface area (Å²) in [6, 6.07) is 8.29. The SMILES string of the molecule is CCC=CC(=O)N(Cc1ccccc1F)[C@@H]1C=C(C(=O)NCCO)[C@@H]2c3cc(CO)cc(OC)c3O[C@@H]2[C@H]1O. The van der Waals surface area contributed by atoms with Gasteiger partial charge < -0.3 is 35.0 Å². The third-order valence-electron chi connectivity index (χ3n) is 6.93. The van der Waals surface area contributed by atoms with Crippen LogP contribution >= 0.6 is 0 Å². The number of benzene rings is 2. The summed E-state index contributed by atoms with van der Waals surface area (Å²) in [5.41, 5.74) is 1.53. The van der Waals surface area contributed by atoms with Crippen molar-refractivity contribution in [3.05, 3.63) is 82.7 Å². The summed E-state index contributed by atoms with van der Waals surface area (Å²) in [6.07, 6.45) is 2.83. The zero-order valence-corrected chi connectivity index (χ0v) is 21.8. The van der Waals surface area contributed by atoms with Crippen LogP contribution in [0.2, 0.25) is 0 Å². The fourth-order valence-electron chi connectivity index (χ4n) is 5.07. The van der Waals surface area contributed by atoms with Gasteiger partial charge in [-0.05, 0) is 42.3 Å². The number of allylic oxidation sites excluding steroid dienone is 1. The van der Waals surface area contributed by atoms with Crippen LogP contribution in [0.25, 0.3) is 0 Å². The highest BCUT2D eigenvalue weighted by Crippen LogP contribution is 2.51. The van der Waals surface area contributed by atoms with Gasteiger partial charge in [-0.25, -0.2) is 4.39 Å². The molecule has 39 heavy (non-hydrogen) atoms. The van der Waals surface area contributed by atoms with Gasteiger partial charge in [0.1, 0.15) is 18.0 Å². The van der Waals surface area contributed by atoms with E-state index in [2.05, 4.69) is 5.32 Å². The summed E-state index contributed by atoms with van der Waals surface area (Å²) in [6.45, 7) is 1.13. The first-order valence-electron chi connectivity index (χ1n) is 12.8. The standard InChI is InChI=1S/C29H33FN2O7/c1-3-4-9-24(35)32(15-18-7-5-6-8-21(18)30)22-14-20(29(37)31-10-11-33)25-19-12-17(16-34)13-23(38-2)27(19)39-28(25)26(22)36/h4-9,12-14,22,25-26,28,33-34,36H,3,10-11,15-16H2,1-2H3,(H,31,37)/t22-,25+,26+,28+/m1/s1. The molecule has 208 valence electrons. The molecule has 0 radical (unpaired) electrons. The Morgan fingerprint density at radius 3 is 2.67 bits per heavy atom. The van der Waals surface area contributed by atoms with Crippen LogP contribution in [-0.2, 0) is 22.7 Å². The lowest BCUT2D eigenvalue weighted by molar-refractivity contribution is -0.133. The number of rotatable bonds is 10. The molecule has 2 aliphatic rings. The lowest BCUT2D eigenvalue weighted by Crippen LogP contribution is -2.55. The van der Waals surface area contributed by atoms with Crippen molar-refractivity contribution < 1.29 is 38.8 Å². The molecule has 0 spiro atoms. The Morgan fingerprint density at radius 2 is 2.00 bits per heavy atom. The number of nitrogens with zero attached hydrogens (tertiary/aromatic N) is 1. The zero-order valence-electron chi connectivity index (χ0n) is 21.8. The summed E-state index contributed by atoms with van der Waals surface area (Å²) in [7, 11) is 1.45. The third kappa shape index (κ3) is 5.68. The number of aliphatic hydroxyl groups excluding tert-OH is 3. The summed E-state index contributed by atoms with van der Waals surface area (Å²) in [5, 5.41) is 33.3. The van der Waals surface area contributed by atoms with E-state index in [1.807, 2.05) is 6.92 Å². The maximum atomic E-state index is 14.6. The highest BCUT2D eigenvalue weighted by molar-refractivity contribution is 5.96. The second-order valence-electron chi connectivity index (χ2n) is 9.39. The van der Waals surface area contributed by atoms with E-state index in [0.29, 0.717) is 29.0 Å². The number of hydrogen-bond acceptors (Lipinski definition) is 7. The van der Waals surface area contributed by atoms with Crippen molar-refractivity contribution >= 4 is 11.8 Å². The topological polar surface area (TPSA) is 129 Å². The minimum atomic E-state index is -1.30. The number of fused-ring (bicyclic) bond motifs is 3. The molecule has 9 nitrogen and oxygen atoms in total. The van der Waals surface area contributed by atoms with Gasteiger partial charge in [0.25, 0.3) is 0 Å². The second kappa shape index (κ2) is 12.4. The highest BCUT2D eigenvalue weighted by Gasteiger charge is 2.51. The molecule has 1 heterocycles. The van der Waals surface area contributed by atoms with Gasteiger partial charge in [0, 0.05) is 29.8 Å². The molecule has 2 aromatic carbocycles. The molecular formula is C29H33FN2O7. The number of ether oxygens (including phenoxy) is 2. The fourth-order valence-corrected chi connectivity index (χ4v) is 5.07. The van der Waals surface area contributed by atoms with Crippen LogP contribution in [0.15, 0.2) is 60.2 Å². The first-order valence-corrected chi connectivity index (χ1v) is 12.8. The quantitative estimate of drug-likeness (QED) is 0.339. The van der Waals surface area contributed by atoms with E-state index in [0.717, 1.165) is 0 Å². The number of carbonyl (C=O) groups excluding carboxylic acids is 2. The average Bonchev–Trinajstić information content (AvgIpc) is 3.34. The molecule has 4 rings (SSSR count). The van der Waals surface area contributed by atoms with Gasteiger partial charge in [-0.15, -0.1) is 0 Å². The Kier molecular flexibility index (Phi) is 9.01. The van der Waals surface area contributed by atoms with Gasteiger partial charge in [0.05, 0.1) is 32.3 Å². The molecule has 2 aromatic rings. The van der Waals surface area contributed by atoms with Crippen molar-refractivity contribution in [1.29, 1.82) is 0 Å². The Morgan fingerprint density at radius 1 is 1.23 bits per heavy atom. The summed E-state index contributed by atoms with van der Waals surface area (Å²) >= 11 is 0. The maximum Gasteiger partial charge on any atom is 0.247 e. The lowest BCUT2D eigenvalue weighted by Gasteiger charge is -2.40. The number of amides is 2. The van der Waals surface area contributed by atoms with E-state index in [4.69, 9.17) is 9.47 Å². The second-order valence-corrected chi connectivity index (χ2v) is 9.39.